The van der Waals surface area contributed by atoms with Crippen molar-refractivity contribution in [2.45, 2.75) is 13.3 Å². The van der Waals surface area contributed by atoms with Crippen LogP contribution in [0.3, 0.4) is 0 Å². The van der Waals surface area contributed by atoms with Crippen LogP contribution in [-0.4, -0.2) is 13.0 Å². The Hall–Kier alpha value is 0.350. The summed E-state index contributed by atoms with van der Waals surface area (Å²) in [5, 5.41) is 0. The van der Waals surface area contributed by atoms with Crippen LogP contribution >= 0.6 is 8.81 Å². The molecule has 1 unspecified atom stereocenters. The van der Waals surface area contributed by atoms with Crippen molar-refractivity contribution in [3.05, 3.63) is 7.11 Å². The highest BCUT2D eigenvalue weighted by atomic mass is 31.1. The summed E-state index contributed by atoms with van der Waals surface area (Å²) >= 11 is 0. The molecule has 2 radical (unpaired) electrons. The highest BCUT2D eigenvalue weighted by molar-refractivity contribution is 7.31. The molecule has 48 valence electrons. The highest BCUT2D eigenvalue weighted by Crippen LogP contribution is 2.08. The predicted molar refractivity (Wildman–Crippen MR) is 34.8 cm³/mol. The molecule has 0 N–H and O–H groups in total. The van der Waals surface area contributed by atoms with Gasteiger partial charge in [0.25, 0.3) is 0 Å². The van der Waals surface area contributed by atoms with Crippen LogP contribution in [0.1, 0.15) is 13.3 Å². The number of hydrogen-bond acceptors (Lipinski definition) is 2. The maximum Gasteiger partial charge on any atom is 0.120 e. The van der Waals surface area contributed by atoms with Crippen molar-refractivity contribution in [3.8, 4) is 0 Å². The predicted octanol–water partition coefficient (Wildman–Crippen LogP) is 1.65. The van der Waals surface area contributed by atoms with Crippen LogP contribution in [0.15, 0.2) is 0 Å². The van der Waals surface area contributed by atoms with Crippen LogP contribution in [0, 0.1) is 7.11 Å². The van der Waals surface area contributed by atoms with Crippen molar-refractivity contribution in [1.82, 2.24) is 0 Å². The van der Waals surface area contributed by atoms with Gasteiger partial charge in [-0.25, -0.2) is 0 Å². The third kappa shape index (κ3) is 6.35. The molecule has 0 aliphatic rings. The van der Waals surface area contributed by atoms with E-state index in [9.17, 15) is 0 Å². The first-order chi connectivity index (χ1) is 3.91. The zero-order chi connectivity index (χ0) is 6.24. The summed E-state index contributed by atoms with van der Waals surface area (Å²) in [6.07, 6.45) is 1.68. The second-order valence-electron chi connectivity index (χ2n) is 1.31. The van der Waals surface area contributed by atoms with Crippen molar-refractivity contribution in [3.63, 3.8) is 0 Å². The van der Waals surface area contributed by atoms with Gasteiger partial charge in [0.2, 0.25) is 0 Å². The van der Waals surface area contributed by atoms with Gasteiger partial charge in [-0.3, -0.25) is 0 Å². The molecule has 0 spiro atoms. The first-order valence-corrected chi connectivity index (χ1v) is 3.69. The summed E-state index contributed by atoms with van der Waals surface area (Å²) in [6.45, 7) is 2.86. The maximum absolute atomic E-state index is 5.03. The van der Waals surface area contributed by atoms with Crippen molar-refractivity contribution < 1.29 is 9.26 Å². The van der Waals surface area contributed by atoms with E-state index < -0.39 is 0 Å². The van der Waals surface area contributed by atoms with E-state index in [2.05, 4.69) is 11.4 Å². The Kier molecular flexibility index (Phi) is 7.67. The van der Waals surface area contributed by atoms with Crippen LogP contribution in [-0.2, 0) is 9.26 Å². The van der Waals surface area contributed by atoms with Crippen LogP contribution in [0.2, 0.25) is 0 Å². The first kappa shape index (κ1) is 8.35. The Labute approximate surface area is 52.4 Å². The zero-order valence-electron chi connectivity index (χ0n) is 5.02. The van der Waals surface area contributed by atoms with Crippen LogP contribution in [0.25, 0.3) is 0 Å². The van der Waals surface area contributed by atoms with E-state index >= 15 is 0 Å². The lowest BCUT2D eigenvalue weighted by Gasteiger charge is -1.97. The average Bonchev–Trinajstić information content (AvgIpc) is 1.81. The van der Waals surface area contributed by atoms with E-state index in [0.29, 0.717) is 6.35 Å². The summed E-state index contributed by atoms with van der Waals surface area (Å²) in [4.78, 5) is 0. The van der Waals surface area contributed by atoms with Gasteiger partial charge in [0.1, 0.15) is 7.11 Å². The minimum absolute atomic E-state index is 0.280. The minimum atomic E-state index is 0.280. The standard InChI is InChI=1S/C5H11O2P/c1-3-4-7-5-8-6-2/h2,8H,3-5H2,1H3. The number of ether oxygens (including phenoxy) is 1. The zero-order valence-corrected chi connectivity index (χ0v) is 6.02. The normalized spacial score (nSPS) is 11.2. The molecular formula is C5H11O2P. The fourth-order valence-corrected chi connectivity index (χ4v) is 0.588. The van der Waals surface area contributed by atoms with E-state index in [4.69, 9.17) is 11.8 Å². The van der Waals surface area contributed by atoms with Gasteiger partial charge in [-0.2, -0.15) is 0 Å². The van der Waals surface area contributed by atoms with Gasteiger partial charge >= 0.3 is 0 Å². The smallest absolute Gasteiger partial charge is 0.120 e. The summed E-state index contributed by atoms with van der Waals surface area (Å²) in [6, 6.07) is 0. The largest absolute Gasteiger partial charge is 0.375 e. The Bertz CT molecular complexity index is 35.4. The highest BCUT2D eigenvalue weighted by Gasteiger charge is 1.82. The first-order valence-electron chi connectivity index (χ1n) is 2.58. The molecule has 0 fully saturated rings. The Morgan fingerprint density at radius 3 is 2.88 bits per heavy atom. The molecular weight excluding hydrogens is 123 g/mol. The van der Waals surface area contributed by atoms with Crippen LogP contribution < -0.4 is 0 Å². The molecule has 0 rings (SSSR count). The third-order valence-corrected chi connectivity index (χ3v) is 1.08. The van der Waals surface area contributed by atoms with Crippen molar-refractivity contribution in [2.24, 2.45) is 0 Å². The lowest BCUT2D eigenvalue weighted by molar-refractivity contribution is 0.177. The molecule has 0 aliphatic heterocycles. The lowest BCUT2D eigenvalue weighted by atomic mass is 10.5. The van der Waals surface area contributed by atoms with E-state index in [1.807, 2.05) is 0 Å². The van der Waals surface area contributed by atoms with E-state index in [1.54, 1.807) is 0 Å². The molecule has 3 heteroatoms. The molecule has 0 amide bonds. The molecule has 0 aromatic carbocycles. The molecule has 8 heavy (non-hydrogen) atoms. The summed E-state index contributed by atoms with van der Waals surface area (Å²) in [5.74, 6) is 0. The lowest BCUT2D eigenvalue weighted by Crippen LogP contribution is -1.89. The average molecular weight is 134 g/mol. The number of rotatable bonds is 5. The third-order valence-electron chi connectivity index (χ3n) is 0.593. The van der Waals surface area contributed by atoms with E-state index in [-0.39, 0.29) is 8.81 Å². The van der Waals surface area contributed by atoms with Crippen molar-refractivity contribution in [1.29, 1.82) is 0 Å². The van der Waals surface area contributed by atoms with Gasteiger partial charge in [-0.1, -0.05) is 6.92 Å². The summed E-state index contributed by atoms with van der Waals surface area (Å²) in [7, 11) is 5.02. The van der Waals surface area contributed by atoms with Crippen molar-refractivity contribution in [2.75, 3.05) is 13.0 Å². The minimum Gasteiger partial charge on any atom is -0.375 e. The SMILES string of the molecule is [CH]OPCOCCC. The van der Waals surface area contributed by atoms with Gasteiger partial charge in [0.05, 0.1) is 6.35 Å². The maximum atomic E-state index is 5.03. The molecule has 0 aromatic rings. The van der Waals surface area contributed by atoms with E-state index in [0.717, 1.165) is 13.0 Å². The fraction of sp³-hybridized carbons (Fsp3) is 0.800. The van der Waals surface area contributed by atoms with Gasteiger partial charge < -0.3 is 9.26 Å². The molecule has 0 aromatic heterocycles. The Morgan fingerprint density at radius 1 is 1.62 bits per heavy atom. The summed E-state index contributed by atoms with van der Waals surface area (Å²) < 4.78 is 9.32. The summed E-state index contributed by atoms with van der Waals surface area (Å²) in [5.41, 5.74) is 0. The molecule has 0 bridgehead atoms. The molecule has 0 saturated heterocycles. The van der Waals surface area contributed by atoms with Gasteiger partial charge in [-0.15, -0.1) is 0 Å². The monoisotopic (exact) mass is 134 g/mol. The molecule has 1 atom stereocenters. The molecule has 2 nitrogen and oxygen atoms in total. The van der Waals surface area contributed by atoms with Crippen molar-refractivity contribution >= 4 is 8.81 Å². The van der Waals surface area contributed by atoms with Gasteiger partial charge in [-0.05, 0) is 6.42 Å². The van der Waals surface area contributed by atoms with Crippen LogP contribution in [0.5, 0.6) is 0 Å². The van der Waals surface area contributed by atoms with Crippen LogP contribution in [0.4, 0.5) is 0 Å². The Morgan fingerprint density at radius 2 is 2.38 bits per heavy atom. The second-order valence-corrected chi connectivity index (χ2v) is 2.13. The second kappa shape index (κ2) is 7.35. The topological polar surface area (TPSA) is 18.5 Å². The quantitative estimate of drug-likeness (QED) is 0.420. The fourth-order valence-electron chi connectivity index (χ4n) is 0.292. The van der Waals surface area contributed by atoms with Gasteiger partial charge in [0, 0.05) is 15.4 Å². The molecule has 0 heterocycles. The number of hydrogen-bond donors (Lipinski definition) is 0. The Balaban J connectivity index is 2.53. The molecule has 0 aliphatic carbocycles. The van der Waals surface area contributed by atoms with E-state index in [1.165, 1.54) is 0 Å². The van der Waals surface area contributed by atoms with Gasteiger partial charge in [0.15, 0.2) is 0 Å². The molecule has 0 saturated carbocycles.